The Morgan fingerprint density at radius 2 is 1.88 bits per heavy atom. The van der Waals surface area contributed by atoms with E-state index in [-0.39, 0.29) is 12.1 Å². The molecular formula is C13H22N2O2. The first-order valence-corrected chi connectivity index (χ1v) is 5.69. The standard InChI is InChI=1S/C13H22N2O2/c1-8-6-7-11(13(17-5)9(8)2)12(15-14)10(3)16-4/h6-7,10,12,15H,14H2,1-5H3. The number of hydrogen-bond donors (Lipinski definition) is 2. The highest BCUT2D eigenvalue weighted by Crippen LogP contribution is 2.32. The van der Waals surface area contributed by atoms with Crippen molar-refractivity contribution in [2.45, 2.75) is 32.9 Å². The Morgan fingerprint density at radius 1 is 1.24 bits per heavy atom. The number of aryl methyl sites for hydroxylation is 1. The molecule has 0 spiro atoms. The summed E-state index contributed by atoms with van der Waals surface area (Å²) < 4.78 is 10.8. The van der Waals surface area contributed by atoms with E-state index in [1.165, 1.54) is 5.56 Å². The van der Waals surface area contributed by atoms with E-state index in [0.717, 1.165) is 16.9 Å². The molecule has 96 valence electrons. The van der Waals surface area contributed by atoms with Crippen LogP contribution in [0.2, 0.25) is 0 Å². The lowest BCUT2D eigenvalue weighted by Gasteiger charge is -2.25. The van der Waals surface area contributed by atoms with Gasteiger partial charge in [0.25, 0.3) is 0 Å². The summed E-state index contributed by atoms with van der Waals surface area (Å²) in [4.78, 5) is 0. The van der Waals surface area contributed by atoms with Gasteiger partial charge in [-0.25, -0.2) is 0 Å². The molecule has 3 N–H and O–H groups in total. The first kappa shape index (κ1) is 14.0. The lowest BCUT2D eigenvalue weighted by atomic mass is 9.96. The van der Waals surface area contributed by atoms with Crippen LogP contribution in [0.4, 0.5) is 0 Å². The molecule has 0 aliphatic carbocycles. The van der Waals surface area contributed by atoms with Crippen LogP contribution in [0.1, 0.15) is 29.7 Å². The lowest BCUT2D eigenvalue weighted by Crippen LogP contribution is -2.36. The Bertz CT molecular complexity index is 380. The normalized spacial score (nSPS) is 14.5. The Hall–Kier alpha value is -1.10. The lowest BCUT2D eigenvalue weighted by molar-refractivity contribution is 0.0821. The van der Waals surface area contributed by atoms with Gasteiger partial charge in [0.15, 0.2) is 0 Å². The van der Waals surface area contributed by atoms with E-state index in [0.29, 0.717) is 0 Å². The fourth-order valence-electron chi connectivity index (χ4n) is 1.94. The first-order chi connectivity index (χ1) is 8.06. The summed E-state index contributed by atoms with van der Waals surface area (Å²) in [6.45, 7) is 6.08. The highest BCUT2D eigenvalue weighted by atomic mass is 16.5. The number of benzene rings is 1. The van der Waals surface area contributed by atoms with Gasteiger partial charge in [-0.15, -0.1) is 0 Å². The van der Waals surface area contributed by atoms with Gasteiger partial charge in [-0.05, 0) is 31.9 Å². The minimum absolute atomic E-state index is 0.0315. The Morgan fingerprint density at radius 3 is 2.35 bits per heavy atom. The summed E-state index contributed by atoms with van der Waals surface area (Å²) in [6, 6.07) is 4.01. The van der Waals surface area contributed by atoms with Gasteiger partial charge in [0.1, 0.15) is 5.75 Å². The van der Waals surface area contributed by atoms with Crippen LogP contribution in [0.25, 0.3) is 0 Å². The second-order valence-corrected chi connectivity index (χ2v) is 4.22. The number of hydrazine groups is 1. The monoisotopic (exact) mass is 238 g/mol. The molecule has 0 amide bonds. The number of methoxy groups -OCH3 is 2. The molecular weight excluding hydrogens is 216 g/mol. The molecule has 1 aromatic carbocycles. The number of rotatable bonds is 5. The van der Waals surface area contributed by atoms with Crippen molar-refractivity contribution in [3.05, 3.63) is 28.8 Å². The number of ether oxygens (including phenoxy) is 2. The van der Waals surface area contributed by atoms with Crippen LogP contribution < -0.4 is 16.0 Å². The maximum absolute atomic E-state index is 5.61. The largest absolute Gasteiger partial charge is 0.496 e. The molecule has 0 heterocycles. The minimum atomic E-state index is -0.0887. The summed E-state index contributed by atoms with van der Waals surface area (Å²) in [5.41, 5.74) is 6.14. The predicted molar refractivity (Wildman–Crippen MR) is 69.0 cm³/mol. The van der Waals surface area contributed by atoms with Gasteiger partial charge >= 0.3 is 0 Å². The molecule has 0 saturated heterocycles. The van der Waals surface area contributed by atoms with Gasteiger partial charge < -0.3 is 9.47 Å². The second kappa shape index (κ2) is 6.00. The topological polar surface area (TPSA) is 56.5 Å². The average molecular weight is 238 g/mol. The molecule has 4 nitrogen and oxygen atoms in total. The molecule has 0 radical (unpaired) electrons. The van der Waals surface area contributed by atoms with Crippen molar-refractivity contribution in [3.63, 3.8) is 0 Å². The fraction of sp³-hybridized carbons (Fsp3) is 0.538. The van der Waals surface area contributed by atoms with Gasteiger partial charge in [0.2, 0.25) is 0 Å². The molecule has 0 aliphatic heterocycles. The van der Waals surface area contributed by atoms with Crippen molar-refractivity contribution >= 4 is 0 Å². The summed E-state index contributed by atoms with van der Waals surface area (Å²) >= 11 is 0. The van der Waals surface area contributed by atoms with Gasteiger partial charge in [-0.2, -0.15) is 0 Å². The van der Waals surface area contributed by atoms with Gasteiger partial charge in [-0.3, -0.25) is 11.3 Å². The fourth-order valence-corrected chi connectivity index (χ4v) is 1.94. The molecule has 2 atom stereocenters. The zero-order chi connectivity index (χ0) is 13.0. The highest BCUT2D eigenvalue weighted by molar-refractivity contribution is 5.47. The molecule has 1 rings (SSSR count). The Balaban J connectivity index is 3.24. The molecule has 0 bridgehead atoms. The van der Waals surface area contributed by atoms with Crippen LogP contribution in [0.3, 0.4) is 0 Å². The molecule has 0 aromatic heterocycles. The predicted octanol–water partition coefficient (Wildman–Crippen LogP) is 1.85. The molecule has 0 saturated carbocycles. The third-order valence-corrected chi connectivity index (χ3v) is 3.27. The molecule has 0 aliphatic rings. The van der Waals surface area contributed by atoms with Gasteiger partial charge in [0.05, 0.1) is 19.3 Å². The summed E-state index contributed by atoms with van der Waals surface area (Å²) in [7, 11) is 3.35. The Kier molecular flexibility index (Phi) is 4.93. The highest BCUT2D eigenvalue weighted by Gasteiger charge is 2.22. The maximum Gasteiger partial charge on any atom is 0.126 e. The molecule has 0 fully saturated rings. The second-order valence-electron chi connectivity index (χ2n) is 4.22. The third kappa shape index (κ3) is 2.77. The van der Waals surface area contributed by atoms with Crippen molar-refractivity contribution in [3.8, 4) is 5.75 Å². The third-order valence-electron chi connectivity index (χ3n) is 3.27. The zero-order valence-corrected chi connectivity index (χ0v) is 11.2. The smallest absolute Gasteiger partial charge is 0.126 e. The van der Waals surface area contributed by atoms with E-state index in [1.54, 1.807) is 14.2 Å². The van der Waals surface area contributed by atoms with Crippen molar-refractivity contribution in [2.24, 2.45) is 5.84 Å². The average Bonchev–Trinajstić information content (AvgIpc) is 2.34. The summed E-state index contributed by atoms with van der Waals surface area (Å²) in [6.07, 6.45) is -0.0315. The van der Waals surface area contributed by atoms with Crippen LogP contribution in [0.5, 0.6) is 5.75 Å². The first-order valence-electron chi connectivity index (χ1n) is 5.69. The van der Waals surface area contributed by atoms with Crippen molar-refractivity contribution in [1.82, 2.24) is 5.43 Å². The van der Waals surface area contributed by atoms with Crippen molar-refractivity contribution in [2.75, 3.05) is 14.2 Å². The SMILES string of the molecule is COc1c(C(NN)C(C)OC)ccc(C)c1C. The van der Waals surface area contributed by atoms with Gasteiger partial charge in [0, 0.05) is 12.7 Å². The van der Waals surface area contributed by atoms with Crippen LogP contribution >= 0.6 is 0 Å². The summed E-state index contributed by atoms with van der Waals surface area (Å²) in [5.74, 6) is 6.48. The molecule has 17 heavy (non-hydrogen) atoms. The van der Waals surface area contributed by atoms with Gasteiger partial charge in [-0.1, -0.05) is 12.1 Å². The van der Waals surface area contributed by atoms with Crippen molar-refractivity contribution < 1.29 is 9.47 Å². The number of nitrogens with two attached hydrogens (primary N) is 1. The molecule has 2 unspecified atom stereocenters. The zero-order valence-electron chi connectivity index (χ0n) is 11.2. The van der Waals surface area contributed by atoms with E-state index >= 15 is 0 Å². The van der Waals surface area contributed by atoms with Crippen LogP contribution in [0.15, 0.2) is 12.1 Å². The minimum Gasteiger partial charge on any atom is -0.496 e. The van der Waals surface area contributed by atoms with E-state index < -0.39 is 0 Å². The number of hydrogen-bond acceptors (Lipinski definition) is 4. The van der Waals surface area contributed by atoms with Crippen LogP contribution in [-0.4, -0.2) is 20.3 Å². The molecule has 4 heteroatoms. The van der Waals surface area contributed by atoms with Crippen LogP contribution in [-0.2, 0) is 4.74 Å². The van der Waals surface area contributed by atoms with Crippen molar-refractivity contribution in [1.29, 1.82) is 0 Å². The molecule has 1 aromatic rings. The van der Waals surface area contributed by atoms with E-state index in [9.17, 15) is 0 Å². The number of nitrogens with one attached hydrogen (secondary N) is 1. The Labute approximate surface area is 103 Å². The van der Waals surface area contributed by atoms with E-state index in [2.05, 4.69) is 18.4 Å². The summed E-state index contributed by atoms with van der Waals surface area (Å²) in [5, 5.41) is 0. The van der Waals surface area contributed by atoms with Crippen LogP contribution in [0, 0.1) is 13.8 Å². The van der Waals surface area contributed by atoms with E-state index in [1.807, 2.05) is 19.9 Å². The quantitative estimate of drug-likeness (QED) is 0.607. The van der Waals surface area contributed by atoms with E-state index in [4.69, 9.17) is 15.3 Å². The maximum atomic E-state index is 5.61.